The highest BCUT2D eigenvalue weighted by Gasteiger charge is 2.39. The zero-order valence-corrected chi connectivity index (χ0v) is 17.9. The normalized spacial score (nSPS) is 16.2. The number of aryl methyl sites for hydroxylation is 1. The fraction of sp³-hybridized carbons (Fsp3) is 0.348. The summed E-state index contributed by atoms with van der Waals surface area (Å²) in [5, 5.41) is 16.2. The van der Waals surface area contributed by atoms with Gasteiger partial charge in [-0.2, -0.15) is 0 Å². The van der Waals surface area contributed by atoms with E-state index in [2.05, 4.69) is 25.9 Å². The molecular weight excluding hydrogens is 408 g/mol. The van der Waals surface area contributed by atoms with E-state index in [1.165, 1.54) is 10.4 Å². The van der Waals surface area contributed by atoms with Gasteiger partial charge in [-0.25, -0.2) is 0 Å². The molecule has 0 saturated carbocycles. The largest absolute Gasteiger partial charge is 0.571 e. The lowest BCUT2D eigenvalue weighted by atomic mass is 9.90. The summed E-state index contributed by atoms with van der Waals surface area (Å²) in [5.41, 5.74) is 2.88. The first-order chi connectivity index (χ1) is 15.5. The Morgan fingerprint density at radius 3 is 2.44 bits per heavy atom. The third-order valence-electron chi connectivity index (χ3n) is 6.18. The second-order valence-electron chi connectivity index (χ2n) is 8.21. The van der Waals surface area contributed by atoms with Crippen LogP contribution in [0.4, 0.5) is 5.69 Å². The van der Waals surface area contributed by atoms with E-state index in [9.17, 15) is 14.8 Å². The molecule has 32 heavy (non-hydrogen) atoms. The van der Waals surface area contributed by atoms with Crippen molar-refractivity contribution in [1.82, 2.24) is 19.7 Å². The average Bonchev–Trinajstić information content (AvgIpc) is 3.14. The fourth-order valence-corrected chi connectivity index (χ4v) is 4.51. The summed E-state index contributed by atoms with van der Waals surface area (Å²) in [6, 6.07) is 10.8. The lowest BCUT2D eigenvalue weighted by molar-refractivity contribution is -0.749. The molecule has 1 aliphatic carbocycles. The molecule has 0 bridgehead atoms. The van der Waals surface area contributed by atoms with Gasteiger partial charge in [0.2, 0.25) is 17.3 Å². The van der Waals surface area contributed by atoms with Gasteiger partial charge in [0, 0.05) is 71.5 Å². The minimum Gasteiger partial charge on any atom is -0.571 e. The van der Waals surface area contributed by atoms with Gasteiger partial charge in [-0.1, -0.05) is 24.3 Å². The number of benzene rings is 1. The lowest BCUT2D eigenvalue weighted by Crippen LogP contribution is -2.47. The number of anilines is 1. The van der Waals surface area contributed by atoms with Crippen molar-refractivity contribution in [2.24, 2.45) is 0 Å². The Morgan fingerprint density at radius 2 is 1.72 bits per heavy atom. The quantitative estimate of drug-likeness (QED) is 0.345. The second kappa shape index (κ2) is 8.16. The maximum Gasteiger partial charge on any atom is 0.220 e. The molecule has 0 atom stereocenters. The maximum absolute atomic E-state index is 13.0. The molecule has 2 aliphatic rings. The van der Waals surface area contributed by atoms with E-state index in [1.807, 2.05) is 19.2 Å². The Kier molecular flexibility index (Phi) is 5.18. The first-order valence-corrected chi connectivity index (χ1v) is 10.8. The summed E-state index contributed by atoms with van der Waals surface area (Å²) in [5.74, 6) is -0.695. The van der Waals surface area contributed by atoms with Crippen LogP contribution in [0, 0.1) is 12.1 Å². The Labute approximate surface area is 185 Å². The standard InChI is InChI=1S/C23H24N6O3/c1-16-15-17(7-8-24-16)27-13-11-26(12-14-27)9-4-10-28-21-20(25-29(28)32)22(30)18-5-2-3-6-19(18)23(21)31/h2-3,5-8,15H,4,9-14H2,1H3. The Morgan fingerprint density at radius 1 is 1.00 bits per heavy atom. The third-order valence-corrected chi connectivity index (χ3v) is 6.18. The number of carbonyl (C=O) groups excluding carboxylic acids is 2. The number of carbonyl (C=O) groups is 2. The lowest BCUT2D eigenvalue weighted by Gasteiger charge is -2.36. The van der Waals surface area contributed by atoms with Crippen LogP contribution in [-0.4, -0.2) is 64.0 Å². The number of rotatable bonds is 5. The summed E-state index contributed by atoms with van der Waals surface area (Å²) in [6.07, 6.45) is 2.52. The van der Waals surface area contributed by atoms with E-state index in [1.54, 1.807) is 24.3 Å². The predicted molar refractivity (Wildman–Crippen MR) is 117 cm³/mol. The number of piperazine rings is 1. The summed E-state index contributed by atoms with van der Waals surface area (Å²) < 4.78 is 1.29. The molecule has 1 aliphatic heterocycles. The van der Waals surface area contributed by atoms with E-state index in [4.69, 9.17) is 0 Å². The summed E-state index contributed by atoms with van der Waals surface area (Å²) in [4.78, 5) is 35.0. The Hall–Kier alpha value is -3.59. The molecule has 2 aromatic heterocycles. The molecular formula is C23H24N6O3. The monoisotopic (exact) mass is 432 g/mol. The fourth-order valence-electron chi connectivity index (χ4n) is 4.51. The summed E-state index contributed by atoms with van der Waals surface area (Å²) in [7, 11) is 0. The smallest absolute Gasteiger partial charge is 0.220 e. The number of fused-ring (bicyclic) bond motifs is 2. The molecule has 1 fully saturated rings. The minimum atomic E-state index is -0.374. The third kappa shape index (κ3) is 3.54. The van der Waals surface area contributed by atoms with Crippen LogP contribution in [0.2, 0.25) is 0 Å². The number of pyridine rings is 1. The van der Waals surface area contributed by atoms with E-state index >= 15 is 0 Å². The van der Waals surface area contributed by atoms with E-state index < -0.39 is 0 Å². The van der Waals surface area contributed by atoms with Gasteiger partial charge in [-0.3, -0.25) is 19.5 Å². The summed E-state index contributed by atoms with van der Waals surface area (Å²) >= 11 is 0. The second-order valence-corrected chi connectivity index (χ2v) is 8.21. The molecule has 164 valence electrons. The molecule has 9 heteroatoms. The van der Waals surface area contributed by atoms with Crippen LogP contribution in [0.3, 0.4) is 0 Å². The van der Waals surface area contributed by atoms with Gasteiger partial charge >= 0.3 is 0 Å². The number of hydrogen-bond acceptors (Lipinski definition) is 7. The molecule has 0 unspecified atom stereocenters. The van der Waals surface area contributed by atoms with Gasteiger partial charge in [0.15, 0.2) is 5.69 Å². The number of ketones is 2. The topological polar surface area (TPSA) is 98.3 Å². The molecule has 3 aromatic rings. The van der Waals surface area contributed by atoms with Crippen LogP contribution in [0.1, 0.15) is 44.2 Å². The maximum atomic E-state index is 13.0. The average molecular weight is 432 g/mol. The van der Waals surface area contributed by atoms with Gasteiger partial charge < -0.3 is 10.1 Å². The molecule has 0 radical (unpaired) electrons. The van der Waals surface area contributed by atoms with Gasteiger partial charge in [-0.15, -0.1) is 4.68 Å². The predicted octanol–water partition coefficient (Wildman–Crippen LogP) is 1.21. The number of aromatic nitrogens is 4. The first kappa shape index (κ1) is 20.3. The van der Waals surface area contributed by atoms with Crippen LogP contribution in [0.15, 0.2) is 42.6 Å². The molecule has 5 rings (SSSR count). The van der Waals surface area contributed by atoms with Crippen molar-refractivity contribution in [3.8, 4) is 0 Å². The van der Waals surface area contributed by atoms with E-state index in [0.717, 1.165) is 38.4 Å². The van der Waals surface area contributed by atoms with Gasteiger partial charge in [0.25, 0.3) is 0 Å². The van der Waals surface area contributed by atoms with Crippen molar-refractivity contribution in [3.05, 3.63) is 76.0 Å². The van der Waals surface area contributed by atoms with Crippen molar-refractivity contribution in [3.63, 3.8) is 0 Å². The minimum absolute atomic E-state index is 0.0510. The van der Waals surface area contributed by atoms with E-state index in [-0.39, 0.29) is 23.0 Å². The van der Waals surface area contributed by atoms with Crippen molar-refractivity contribution >= 4 is 17.3 Å². The first-order valence-electron chi connectivity index (χ1n) is 10.8. The highest BCUT2D eigenvalue weighted by molar-refractivity contribution is 6.26. The van der Waals surface area contributed by atoms with Crippen LogP contribution in [0.25, 0.3) is 0 Å². The van der Waals surface area contributed by atoms with Crippen LogP contribution < -0.4 is 9.86 Å². The van der Waals surface area contributed by atoms with Crippen LogP contribution >= 0.6 is 0 Å². The molecule has 3 heterocycles. The number of hydrogen-bond donors (Lipinski definition) is 0. The molecule has 0 amide bonds. The van der Waals surface area contributed by atoms with Crippen LogP contribution in [-0.2, 0) is 6.54 Å². The number of nitrogens with zero attached hydrogens (tertiary/aromatic N) is 6. The van der Waals surface area contributed by atoms with Gasteiger partial charge in [0.05, 0.1) is 6.54 Å². The van der Waals surface area contributed by atoms with Gasteiger partial charge in [0.1, 0.15) is 0 Å². The van der Waals surface area contributed by atoms with Crippen molar-refractivity contribution in [1.29, 1.82) is 0 Å². The highest BCUT2D eigenvalue weighted by atomic mass is 16.5. The van der Waals surface area contributed by atoms with E-state index in [0.29, 0.717) is 29.1 Å². The highest BCUT2D eigenvalue weighted by Crippen LogP contribution is 2.25. The van der Waals surface area contributed by atoms with Crippen molar-refractivity contribution in [2.75, 3.05) is 37.6 Å². The summed E-state index contributed by atoms with van der Waals surface area (Å²) in [6.45, 7) is 6.82. The van der Waals surface area contributed by atoms with Gasteiger partial charge in [-0.05, 0) is 25.5 Å². The van der Waals surface area contributed by atoms with Crippen molar-refractivity contribution < 1.29 is 14.5 Å². The zero-order chi connectivity index (χ0) is 22.2. The Bertz CT molecular complexity index is 1200. The zero-order valence-electron chi connectivity index (χ0n) is 17.9. The molecule has 9 nitrogen and oxygen atoms in total. The Balaban J connectivity index is 1.22. The van der Waals surface area contributed by atoms with Crippen molar-refractivity contribution in [2.45, 2.75) is 19.9 Å². The molecule has 0 spiro atoms. The molecule has 0 N–H and O–H groups in total. The van der Waals surface area contributed by atoms with Crippen LogP contribution in [0.5, 0.6) is 0 Å². The molecule has 1 aromatic carbocycles. The molecule has 1 saturated heterocycles. The SMILES string of the molecule is Cc1cc(N2CCN(CCCn3c4c(n[n+]3[O-])C(=O)c3ccccc3C4=O)CC2)ccn1.